The third-order valence-corrected chi connectivity index (χ3v) is 6.07. The highest BCUT2D eigenvalue weighted by atomic mass is 35.5. The molecule has 0 bridgehead atoms. The molecule has 0 aliphatic carbocycles. The molecule has 0 spiro atoms. The Morgan fingerprint density at radius 2 is 1.66 bits per heavy atom. The molecule has 0 atom stereocenters. The zero-order valence-corrected chi connectivity index (χ0v) is 19.3. The highest BCUT2D eigenvalue weighted by Gasteiger charge is 2.15. The van der Waals surface area contributed by atoms with Gasteiger partial charge in [-0.1, -0.05) is 29.3 Å². The van der Waals surface area contributed by atoms with E-state index in [1.54, 1.807) is 12.1 Å². The lowest BCUT2D eigenvalue weighted by Crippen LogP contribution is -2.14. The molecule has 2 amide bonds. The van der Waals surface area contributed by atoms with Crippen molar-refractivity contribution in [3.63, 3.8) is 0 Å². The molecule has 2 N–H and O–H groups in total. The number of anilines is 2. The lowest BCUT2D eigenvalue weighted by Gasteiger charge is -2.12. The van der Waals surface area contributed by atoms with E-state index in [9.17, 15) is 18.0 Å². The van der Waals surface area contributed by atoms with E-state index in [0.717, 1.165) is 6.26 Å². The van der Waals surface area contributed by atoms with Crippen LogP contribution in [0.25, 0.3) is 0 Å². The molecule has 0 heterocycles. The number of nitrogens with one attached hydrogen (secondary N) is 2. The number of carbonyl (C=O) groups is 2. The Labute approximate surface area is 195 Å². The van der Waals surface area contributed by atoms with Gasteiger partial charge in [0.1, 0.15) is 5.75 Å². The number of benzene rings is 3. The number of hydrogen-bond acceptors (Lipinski definition) is 5. The summed E-state index contributed by atoms with van der Waals surface area (Å²) in [6.45, 7) is 0. The molecule has 0 saturated carbocycles. The van der Waals surface area contributed by atoms with Crippen molar-refractivity contribution in [2.24, 2.45) is 0 Å². The standard InChI is InChI=1S/C22H18Cl2N2O5S/c1-31-20-11-14(23)6-8-17(20)22(28)25-15-7-9-19(18(24)12-15)26-21(27)13-4-3-5-16(10-13)32(2,29)30/h3-12H,1-2H3,(H,25,28)(H,26,27). The van der Waals surface area contributed by atoms with Crippen LogP contribution >= 0.6 is 23.2 Å². The molecule has 3 rings (SSSR count). The van der Waals surface area contributed by atoms with E-state index in [4.69, 9.17) is 27.9 Å². The maximum absolute atomic E-state index is 12.6. The molecule has 0 unspecified atom stereocenters. The fourth-order valence-corrected chi connectivity index (χ4v) is 3.86. The molecule has 7 nitrogen and oxygen atoms in total. The van der Waals surface area contributed by atoms with Gasteiger partial charge in [-0.15, -0.1) is 0 Å². The van der Waals surface area contributed by atoms with Gasteiger partial charge < -0.3 is 15.4 Å². The van der Waals surface area contributed by atoms with Crippen molar-refractivity contribution in [3.8, 4) is 5.75 Å². The smallest absolute Gasteiger partial charge is 0.259 e. The molecule has 10 heteroatoms. The van der Waals surface area contributed by atoms with Gasteiger partial charge in [0, 0.05) is 22.5 Å². The van der Waals surface area contributed by atoms with Crippen molar-refractivity contribution in [1.82, 2.24) is 0 Å². The minimum Gasteiger partial charge on any atom is -0.496 e. The minimum absolute atomic E-state index is 0.0342. The predicted octanol–water partition coefficient (Wildman–Crippen LogP) is 4.91. The molecule has 166 valence electrons. The first-order valence-corrected chi connectivity index (χ1v) is 11.8. The van der Waals surface area contributed by atoms with Gasteiger partial charge in [-0.3, -0.25) is 9.59 Å². The lowest BCUT2D eigenvalue weighted by molar-refractivity contribution is 0.101. The van der Waals surface area contributed by atoms with Crippen LogP contribution in [0.15, 0.2) is 65.6 Å². The number of methoxy groups -OCH3 is 1. The van der Waals surface area contributed by atoms with Gasteiger partial charge in [0.2, 0.25) is 0 Å². The van der Waals surface area contributed by atoms with Crippen molar-refractivity contribution < 1.29 is 22.7 Å². The molecule has 0 radical (unpaired) electrons. The minimum atomic E-state index is -3.45. The second-order valence-corrected chi connectivity index (χ2v) is 9.61. The van der Waals surface area contributed by atoms with Crippen LogP contribution < -0.4 is 15.4 Å². The monoisotopic (exact) mass is 492 g/mol. The first-order valence-electron chi connectivity index (χ1n) is 9.14. The highest BCUT2D eigenvalue weighted by molar-refractivity contribution is 7.90. The van der Waals surface area contributed by atoms with Crippen LogP contribution in [0.2, 0.25) is 10.0 Å². The predicted molar refractivity (Wildman–Crippen MR) is 125 cm³/mol. The summed E-state index contributed by atoms with van der Waals surface area (Å²) in [5.41, 5.74) is 1.14. The Balaban J connectivity index is 1.76. The maximum atomic E-state index is 12.6. The summed E-state index contributed by atoms with van der Waals surface area (Å²) in [7, 11) is -2.02. The van der Waals surface area contributed by atoms with Crippen molar-refractivity contribution in [2.75, 3.05) is 24.0 Å². The van der Waals surface area contributed by atoms with Crippen LogP contribution in [0.5, 0.6) is 5.75 Å². The van der Waals surface area contributed by atoms with E-state index in [1.807, 2.05) is 0 Å². The third-order valence-electron chi connectivity index (χ3n) is 4.41. The van der Waals surface area contributed by atoms with Gasteiger partial charge in [0.25, 0.3) is 11.8 Å². The van der Waals surface area contributed by atoms with Crippen molar-refractivity contribution in [3.05, 3.63) is 81.8 Å². The second kappa shape index (κ2) is 9.60. The van der Waals surface area contributed by atoms with E-state index in [0.29, 0.717) is 22.1 Å². The summed E-state index contributed by atoms with van der Waals surface area (Å²) >= 11 is 12.2. The largest absolute Gasteiger partial charge is 0.496 e. The number of halogens is 2. The summed E-state index contributed by atoms with van der Waals surface area (Å²) in [5, 5.41) is 5.95. The van der Waals surface area contributed by atoms with E-state index in [2.05, 4.69) is 10.6 Å². The molecular formula is C22H18Cl2N2O5S. The average Bonchev–Trinajstić information content (AvgIpc) is 2.74. The topological polar surface area (TPSA) is 102 Å². The van der Waals surface area contributed by atoms with Crippen molar-refractivity contribution >= 4 is 56.2 Å². The molecular weight excluding hydrogens is 475 g/mol. The first-order chi connectivity index (χ1) is 15.1. The average molecular weight is 493 g/mol. The zero-order chi connectivity index (χ0) is 23.5. The normalized spacial score (nSPS) is 11.0. The van der Waals surface area contributed by atoms with Crippen LogP contribution in [0.1, 0.15) is 20.7 Å². The highest BCUT2D eigenvalue weighted by Crippen LogP contribution is 2.28. The van der Waals surface area contributed by atoms with Crippen LogP contribution in [0, 0.1) is 0 Å². The Kier molecular flexibility index (Phi) is 7.08. The summed E-state index contributed by atoms with van der Waals surface area (Å²) in [6, 6.07) is 14.9. The number of amides is 2. The molecule has 0 aromatic heterocycles. The molecule has 3 aromatic carbocycles. The molecule has 32 heavy (non-hydrogen) atoms. The van der Waals surface area contributed by atoms with Crippen LogP contribution in [0.3, 0.4) is 0 Å². The number of ether oxygens (including phenoxy) is 1. The van der Waals surface area contributed by atoms with E-state index >= 15 is 0 Å². The van der Waals surface area contributed by atoms with Gasteiger partial charge in [0.05, 0.1) is 28.3 Å². The van der Waals surface area contributed by atoms with Crippen molar-refractivity contribution in [2.45, 2.75) is 4.90 Å². The first kappa shape index (κ1) is 23.6. The van der Waals surface area contributed by atoms with Gasteiger partial charge in [-0.2, -0.15) is 0 Å². The molecule has 0 aliphatic heterocycles. The number of hydrogen-bond donors (Lipinski definition) is 2. The summed E-state index contributed by atoms with van der Waals surface area (Å²) in [5.74, 6) is -0.634. The maximum Gasteiger partial charge on any atom is 0.259 e. The Morgan fingerprint density at radius 1 is 0.906 bits per heavy atom. The Morgan fingerprint density at radius 3 is 2.31 bits per heavy atom. The fraction of sp³-hybridized carbons (Fsp3) is 0.0909. The number of rotatable bonds is 6. The third kappa shape index (κ3) is 5.59. The molecule has 0 saturated heterocycles. The van der Waals surface area contributed by atoms with Gasteiger partial charge >= 0.3 is 0 Å². The van der Waals surface area contributed by atoms with Crippen LogP contribution in [-0.2, 0) is 9.84 Å². The summed E-state index contributed by atoms with van der Waals surface area (Å²) < 4.78 is 28.6. The zero-order valence-electron chi connectivity index (χ0n) is 17.0. The summed E-state index contributed by atoms with van der Waals surface area (Å²) in [4.78, 5) is 25.1. The SMILES string of the molecule is COc1cc(Cl)ccc1C(=O)Nc1ccc(NC(=O)c2cccc(S(C)(=O)=O)c2)c(Cl)c1. The quantitative estimate of drug-likeness (QED) is 0.508. The second-order valence-electron chi connectivity index (χ2n) is 6.75. The Hall–Kier alpha value is -3.07. The Bertz CT molecular complexity index is 1310. The molecule has 0 fully saturated rings. The molecule has 3 aromatic rings. The van der Waals surface area contributed by atoms with E-state index in [-0.39, 0.29) is 21.0 Å². The lowest BCUT2D eigenvalue weighted by atomic mass is 10.1. The number of sulfone groups is 1. The van der Waals surface area contributed by atoms with Gasteiger partial charge in [0.15, 0.2) is 9.84 Å². The van der Waals surface area contributed by atoms with Crippen LogP contribution in [0.4, 0.5) is 11.4 Å². The fourth-order valence-electron chi connectivity index (χ4n) is 2.81. The van der Waals surface area contributed by atoms with Crippen molar-refractivity contribution in [1.29, 1.82) is 0 Å². The van der Waals surface area contributed by atoms with Crippen LogP contribution in [-0.4, -0.2) is 33.6 Å². The van der Waals surface area contributed by atoms with Gasteiger partial charge in [-0.25, -0.2) is 8.42 Å². The van der Waals surface area contributed by atoms with Gasteiger partial charge in [-0.05, 0) is 54.6 Å². The number of carbonyl (C=O) groups excluding carboxylic acids is 2. The summed E-state index contributed by atoms with van der Waals surface area (Å²) in [6.07, 6.45) is 1.06. The van der Waals surface area contributed by atoms with E-state index in [1.165, 1.54) is 55.6 Å². The van der Waals surface area contributed by atoms with E-state index < -0.39 is 21.7 Å². The molecule has 0 aliphatic rings.